The van der Waals surface area contributed by atoms with E-state index in [2.05, 4.69) is 0 Å². The van der Waals surface area contributed by atoms with E-state index in [4.69, 9.17) is 37.4 Å². The fourth-order valence-electron chi connectivity index (χ4n) is 2.91. The number of rotatable bonds is 8. The van der Waals surface area contributed by atoms with Gasteiger partial charge in [-0.15, -0.1) is 0 Å². The number of hydrogen-bond acceptors (Lipinski definition) is 7. The molecule has 10 heteroatoms. The van der Waals surface area contributed by atoms with Gasteiger partial charge in [0.15, 0.2) is 11.5 Å². The summed E-state index contributed by atoms with van der Waals surface area (Å²) in [7, 11) is 1.51. The smallest absolute Gasteiger partial charge is 0.326 e. The van der Waals surface area contributed by atoms with Crippen LogP contribution >= 0.6 is 35.0 Å². The van der Waals surface area contributed by atoms with Crippen LogP contribution in [0.3, 0.4) is 0 Å². The third-order valence-electron chi connectivity index (χ3n) is 4.41. The number of hydrogen-bond donors (Lipinski definition) is 0. The van der Waals surface area contributed by atoms with Crippen molar-refractivity contribution < 1.29 is 28.6 Å². The fourth-order valence-corrected chi connectivity index (χ4v) is 4.21. The van der Waals surface area contributed by atoms with Crippen molar-refractivity contribution in [1.29, 1.82) is 0 Å². The zero-order valence-corrected chi connectivity index (χ0v) is 20.4. The van der Waals surface area contributed by atoms with Gasteiger partial charge in [-0.05, 0) is 61.5 Å². The lowest BCUT2D eigenvalue weighted by Crippen LogP contribution is -2.35. The first-order chi connectivity index (χ1) is 15.7. The van der Waals surface area contributed by atoms with Crippen LogP contribution in [0, 0.1) is 0 Å². The Balaban J connectivity index is 1.77. The lowest BCUT2D eigenvalue weighted by molar-refractivity contribution is -0.149. The third-order valence-corrected chi connectivity index (χ3v) is 5.91. The van der Waals surface area contributed by atoms with Gasteiger partial charge in [0.1, 0.15) is 13.2 Å². The van der Waals surface area contributed by atoms with Crippen molar-refractivity contribution in [3.05, 3.63) is 62.5 Å². The summed E-state index contributed by atoms with van der Waals surface area (Å²) in [5, 5.41) is 0.464. The number of carbonyl (C=O) groups is 3. The van der Waals surface area contributed by atoms with Crippen LogP contribution in [0.1, 0.15) is 25.0 Å². The molecule has 1 aliphatic rings. The maximum Gasteiger partial charge on any atom is 0.326 e. The normalized spacial score (nSPS) is 14.8. The minimum absolute atomic E-state index is 0.171. The first kappa shape index (κ1) is 25.0. The lowest BCUT2D eigenvalue weighted by atomic mass is 10.1. The minimum atomic E-state index is -0.644. The van der Waals surface area contributed by atoms with Gasteiger partial charge < -0.3 is 14.2 Å². The number of halogens is 2. The first-order valence-electron chi connectivity index (χ1n) is 9.87. The largest absolute Gasteiger partial charge is 0.493 e. The Morgan fingerprint density at radius 3 is 2.55 bits per heavy atom. The molecule has 7 nitrogen and oxygen atoms in total. The Kier molecular flexibility index (Phi) is 8.29. The van der Waals surface area contributed by atoms with Crippen LogP contribution in [0.4, 0.5) is 4.79 Å². The molecule has 0 unspecified atom stereocenters. The molecule has 0 aliphatic carbocycles. The topological polar surface area (TPSA) is 82.1 Å². The van der Waals surface area contributed by atoms with Crippen molar-refractivity contribution in [1.82, 2.24) is 4.90 Å². The Morgan fingerprint density at radius 1 is 1.12 bits per heavy atom. The zero-order chi connectivity index (χ0) is 24.1. The number of ether oxygens (including phenoxy) is 3. The Labute approximate surface area is 205 Å². The number of amides is 2. The molecule has 2 aromatic rings. The maximum absolute atomic E-state index is 12.7. The molecule has 1 aliphatic heterocycles. The summed E-state index contributed by atoms with van der Waals surface area (Å²) in [6.45, 7) is 3.12. The maximum atomic E-state index is 12.7. The minimum Gasteiger partial charge on any atom is -0.493 e. The predicted molar refractivity (Wildman–Crippen MR) is 128 cm³/mol. The summed E-state index contributed by atoms with van der Waals surface area (Å²) < 4.78 is 16.3. The highest BCUT2D eigenvalue weighted by Gasteiger charge is 2.36. The highest BCUT2D eigenvalue weighted by Crippen LogP contribution is 2.35. The number of thioether (sulfide) groups is 1. The standard InChI is InChI=1S/C23H21Cl2NO6S/c1-13(2)32-21(27)11-26-22(28)20(33-23(26)29)9-14-4-7-18(30-3)19(8-14)31-12-15-5-6-16(24)10-17(15)25/h4-10,13H,11-12H2,1-3H3/b20-9-. The molecule has 0 saturated carbocycles. The van der Waals surface area contributed by atoms with Crippen molar-refractivity contribution >= 4 is 58.2 Å². The van der Waals surface area contributed by atoms with Gasteiger partial charge in [0, 0.05) is 15.6 Å². The summed E-state index contributed by atoms with van der Waals surface area (Å²) in [5.41, 5.74) is 1.35. The number of nitrogens with zero attached hydrogens (tertiary/aromatic N) is 1. The molecule has 2 aromatic carbocycles. The number of imide groups is 1. The second-order valence-corrected chi connectivity index (χ2v) is 9.08. The predicted octanol–water partition coefficient (Wildman–Crippen LogP) is 5.57. The second kappa shape index (κ2) is 11.0. The van der Waals surface area contributed by atoms with Gasteiger partial charge in [-0.1, -0.05) is 35.3 Å². The van der Waals surface area contributed by atoms with Crippen molar-refractivity contribution in [3.63, 3.8) is 0 Å². The van der Waals surface area contributed by atoms with E-state index in [0.717, 1.165) is 22.2 Å². The van der Waals surface area contributed by atoms with Crippen LogP contribution in [0.5, 0.6) is 11.5 Å². The molecule has 1 fully saturated rings. The van der Waals surface area contributed by atoms with Gasteiger partial charge in [0.2, 0.25) is 0 Å². The molecule has 0 radical (unpaired) electrons. The third kappa shape index (κ3) is 6.43. The van der Waals surface area contributed by atoms with Gasteiger partial charge >= 0.3 is 5.97 Å². The molecule has 33 heavy (non-hydrogen) atoms. The van der Waals surface area contributed by atoms with Gasteiger partial charge in [-0.25, -0.2) is 0 Å². The average molecular weight is 510 g/mol. The summed E-state index contributed by atoms with van der Waals surface area (Å²) in [6, 6.07) is 10.2. The van der Waals surface area contributed by atoms with E-state index in [1.807, 2.05) is 0 Å². The SMILES string of the molecule is COc1ccc(/C=C2\SC(=O)N(CC(=O)OC(C)C)C2=O)cc1OCc1ccc(Cl)cc1Cl. The van der Waals surface area contributed by atoms with Gasteiger partial charge in [-0.2, -0.15) is 0 Å². The molecule has 0 N–H and O–H groups in total. The summed E-state index contributed by atoms with van der Waals surface area (Å²) in [5.74, 6) is -0.287. The van der Waals surface area contributed by atoms with Crippen LogP contribution < -0.4 is 9.47 Å². The summed E-state index contributed by atoms with van der Waals surface area (Å²) in [4.78, 5) is 37.8. The number of esters is 1. The quantitative estimate of drug-likeness (QED) is 0.339. The van der Waals surface area contributed by atoms with Crippen LogP contribution in [-0.4, -0.2) is 41.8 Å². The highest BCUT2D eigenvalue weighted by molar-refractivity contribution is 8.18. The molecule has 174 valence electrons. The average Bonchev–Trinajstić information content (AvgIpc) is 3.00. The van der Waals surface area contributed by atoms with E-state index in [0.29, 0.717) is 27.1 Å². The van der Waals surface area contributed by atoms with E-state index in [1.54, 1.807) is 56.3 Å². The van der Waals surface area contributed by atoms with Gasteiger partial charge in [0.05, 0.1) is 18.1 Å². The zero-order valence-electron chi connectivity index (χ0n) is 18.1. The second-order valence-electron chi connectivity index (χ2n) is 7.24. The number of benzene rings is 2. The van der Waals surface area contributed by atoms with Crippen LogP contribution in [-0.2, 0) is 20.9 Å². The number of methoxy groups -OCH3 is 1. The van der Waals surface area contributed by atoms with Crippen LogP contribution in [0.25, 0.3) is 6.08 Å². The molecule has 2 amide bonds. The first-order valence-corrected chi connectivity index (χ1v) is 11.4. The monoisotopic (exact) mass is 509 g/mol. The van der Waals surface area contributed by atoms with Crippen molar-refractivity contribution in [2.75, 3.05) is 13.7 Å². The van der Waals surface area contributed by atoms with E-state index >= 15 is 0 Å². The van der Waals surface area contributed by atoms with E-state index in [1.165, 1.54) is 7.11 Å². The molecule has 1 heterocycles. The van der Waals surface area contributed by atoms with Crippen LogP contribution in [0.2, 0.25) is 10.0 Å². The molecule has 3 rings (SSSR count). The Morgan fingerprint density at radius 2 is 1.88 bits per heavy atom. The van der Waals surface area contributed by atoms with Gasteiger partial charge in [0.25, 0.3) is 11.1 Å². The number of carbonyl (C=O) groups excluding carboxylic acids is 3. The van der Waals surface area contributed by atoms with Crippen LogP contribution in [0.15, 0.2) is 41.3 Å². The van der Waals surface area contributed by atoms with E-state index < -0.39 is 23.7 Å². The summed E-state index contributed by atoms with van der Waals surface area (Å²) in [6.07, 6.45) is 1.22. The molecule has 0 spiro atoms. The van der Waals surface area contributed by atoms with E-state index in [-0.39, 0.29) is 17.6 Å². The van der Waals surface area contributed by atoms with Crippen molar-refractivity contribution in [2.45, 2.75) is 26.6 Å². The molecule has 1 saturated heterocycles. The Hall–Kier alpha value is -2.68. The molecular weight excluding hydrogens is 489 g/mol. The van der Waals surface area contributed by atoms with E-state index in [9.17, 15) is 14.4 Å². The fraction of sp³-hybridized carbons (Fsp3) is 0.261. The molecular formula is C23H21Cl2NO6S. The molecule has 0 atom stereocenters. The van der Waals surface area contributed by atoms with Gasteiger partial charge in [-0.3, -0.25) is 19.3 Å². The highest BCUT2D eigenvalue weighted by atomic mass is 35.5. The molecule has 0 aromatic heterocycles. The molecule has 0 bridgehead atoms. The lowest BCUT2D eigenvalue weighted by Gasteiger charge is -2.13. The summed E-state index contributed by atoms with van der Waals surface area (Å²) >= 11 is 12.9. The Bertz CT molecular complexity index is 1120. The van der Waals surface area contributed by atoms with Crippen molar-refractivity contribution in [3.8, 4) is 11.5 Å². The van der Waals surface area contributed by atoms with Crippen molar-refractivity contribution in [2.24, 2.45) is 0 Å².